The highest BCUT2D eigenvalue weighted by Crippen LogP contribution is 2.38. The van der Waals surface area contributed by atoms with E-state index in [-0.39, 0.29) is 12.3 Å². The summed E-state index contributed by atoms with van der Waals surface area (Å²) in [7, 11) is 2.14. The molecule has 38 heavy (non-hydrogen) atoms. The van der Waals surface area contributed by atoms with Crippen LogP contribution in [0.4, 0.5) is 15.8 Å². The molecular formula is C30H31FN4O3. The number of piperazine rings is 1. The van der Waals surface area contributed by atoms with Crippen molar-refractivity contribution in [3.63, 3.8) is 0 Å². The summed E-state index contributed by atoms with van der Waals surface area (Å²) in [6, 6.07) is 19.9. The number of carboxylic acids is 1. The topological polar surface area (TPSA) is 84.9 Å². The van der Waals surface area contributed by atoms with Crippen molar-refractivity contribution in [1.82, 2.24) is 9.80 Å². The minimum Gasteiger partial charge on any atom is -0.481 e. The number of nitrogens with one attached hydrogen (secondary N) is 2. The molecule has 3 aromatic rings. The van der Waals surface area contributed by atoms with E-state index in [1.807, 2.05) is 36.4 Å². The first-order valence-corrected chi connectivity index (χ1v) is 12.8. The average Bonchev–Trinajstić information content (AvgIpc) is 3.23. The number of benzene rings is 3. The standard InChI is InChI=1S/C30H31FN4O3/c1-34-13-15-35(16-14-34)19-21-5-9-24(10-6-21)32-29(22-4-2-3-20(17-22)7-12-27(36)37)28-25-11-8-23(31)18-26(25)33-30(28)38/h2-6,8-11,17-18,32H,7,12-16,19H2,1H3,(H,33,38)(H,36,37). The minimum absolute atomic E-state index is 0.0140. The number of nitrogens with zero attached hydrogens (tertiary/aromatic N) is 2. The van der Waals surface area contributed by atoms with Crippen LogP contribution in [0.25, 0.3) is 11.3 Å². The molecule has 2 heterocycles. The Kier molecular flexibility index (Phi) is 7.53. The van der Waals surface area contributed by atoms with Crippen LogP contribution in [-0.2, 0) is 22.6 Å². The first-order valence-electron chi connectivity index (χ1n) is 12.8. The number of aliphatic carboxylic acids is 1. The molecule has 0 spiro atoms. The number of carboxylic acid groups (broad SMARTS) is 1. The van der Waals surface area contributed by atoms with Crippen molar-refractivity contribution in [1.29, 1.82) is 0 Å². The van der Waals surface area contributed by atoms with Gasteiger partial charge >= 0.3 is 5.97 Å². The molecule has 1 amide bonds. The van der Waals surface area contributed by atoms with Gasteiger partial charge in [0.1, 0.15) is 5.82 Å². The number of aryl methyl sites for hydroxylation is 1. The first kappa shape index (κ1) is 25.6. The number of fused-ring (bicyclic) bond motifs is 1. The third-order valence-electron chi connectivity index (χ3n) is 7.04. The van der Waals surface area contributed by atoms with Crippen LogP contribution < -0.4 is 10.6 Å². The number of likely N-dealkylation sites (N-methyl/N-ethyl adjacent to an activating group) is 1. The summed E-state index contributed by atoms with van der Waals surface area (Å²) in [5.74, 6) is -1.61. The lowest BCUT2D eigenvalue weighted by molar-refractivity contribution is -0.137. The summed E-state index contributed by atoms with van der Waals surface area (Å²) in [4.78, 5) is 29.0. The molecule has 196 valence electrons. The maximum atomic E-state index is 13.9. The largest absolute Gasteiger partial charge is 0.481 e. The van der Waals surface area contributed by atoms with Gasteiger partial charge in [0.15, 0.2) is 0 Å². The quantitative estimate of drug-likeness (QED) is 0.383. The maximum absolute atomic E-state index is 13.9. The lowest BCUT2D eigenvalue weighted by Gasteiger charge is -2.32. The summed E-state index contributed by atoms with van der Waals surface area (Å²) in [6.45, 7) is 5.10. The molecule has 1 fully saturated rings. The van der Waals surface area contributed by atoms with Gasteiger partial charge in [0.2, 0.25) is 0 Å². The second-order valence-electron chi connectivity index (χ2n) is 9.89. The van der Waals surface area contributed by atoms with E-state index in [1.165, 1.54) is 17.7 Å². The fourth-order valence-corrected chi connectivity index (χ4v) is 4.91. The number of anilines is 2. The summed E-state index contributed by atoms with van der Waals surface area (Å²) < 4.78 is 13.9. The predicted octanol–water partition coefficient (Wildman–Crippen LogP) is 4.52. The van der Waals surface area contributed by atoms with Crippen LogP contribution in [-0.4, -0.2) is 60.0 Å². The van der Waals surface area contributed by atoms with Gasteiger partial charge in [0.05, 0.1) is 17.0 Å². The zero-order chi connectivity index (χ0) is 26.6. The number of hydrogen-bond acceptors (Lipinski definition) is 5. The zero-order valence-corrected chi connectivity index (χ0v) is 21.3. The third-order valence-corrected chi connectivity index (χ3v) is 7.04. The normalized spacial score (nSPS) is 17.2. The molecule has 1 saturated heterocycles. The molecule has 0 aliphatic carbocycles. The van der Waals surface area contributed by atoms with Crippen molar-refractivity contribution >= 4 is 34.5 Å². The third kappa shape index (κ3) is 5.93. The summed E-state index contributed by atoms with van der Waals surface area (Å²) >= 11 is 0. The van der Waals surface area contributed by atoms with Gasteiger partial charge in [0, 0.05) is 50.4 Å². The van der Waals surface area contributed by atoms with E-state index in [1.54, 1.807) is 6.07 Å². The van der Waals surface area contributed by atoms with Crippen molar-refractivity contribution in [3.8, 4) is 0 Å². The first-order chi connectivity index (χ1) is 18.4. The fourth-order valence-electron chi connectivity index (χ4n) is 4.91. The smallest absolute Gasteiger partial charge is 0.303 e. The summed E-state index contributed by atoms with van der Waals surface area (Å²) in [6.07, 6.45) is 0.390. The van der Waals surface area contributed by atoms with Crippen molar-refractivity contribution in [2.75, 3.05) is 43.9 Å². The van der Waals surface area contributed by atoms with Crippen molar-refractivity contribution in [3.05, 3.63) is 94.8 Å². The molecule has 5 rings (SSSR count). The molecule has 2 aliphatic rings. The van der Waals surface area contributed by atoms with Crippen molar-refractivity contribution < 1.29 is 19.1 Å². The molecular weight excluding hydrogens is 483 g/mol. The Morgan fingerprint density at radius 1 is 1.00 bits per heavy atom. The minimum atomic E-state index is -0.866. The molecule has 0 saturated carbocycles. The predicted molar refractivity (Wildman–Crippen MR) is 147 cm³/mol. The second-order valence-corrected chi connectivity index (χ2v) is 9.89. The van der Waals surface area contributed by atoms with Crippen LogP contribution in [0, 0.1) is 5.82 Å². The van der Waals surface area contributed by atoms with Crippen molar-refractivity contribution in [2.24, 2.45) is 0 Å². The Morgan fingerprint density at radius 2 is 1.76 bits per heavy atom. The highest BCUT2D eigenvalue weighted by atomic mass is 19.1. The van der Waals surface area contributed by atoms with Gasteiger partial charge in [-0.15, -0.1) is 0 Å². The van der Waals surface area contributed by atoms with Crippen molar-refractivity contribution in [2.45, 2.75) is 19.4 Å². The van der Waals surface area contributed by atoms with E-state index in [9.17, 15) is 14.0 Å². The Balaban J connectivity index is 1.47. The molecule has 0 bridgehead atoms. The van der Waals surface area contributed by atoms with Crippen LogP contribution in [0.5, 0.6) is 0 Å². The van der Waals surface area contributed by atoms with E-state index in [4.69, 9.17) is 5.11 Å². The lowest BCUT2D eigenvalue weighted by Crippen LogP contribution is -2.43. The number of amides is 1. The Bertz CT molecular complexity index is 1380. The number of halogens is 1. The molecule has 0 unspecified atom stereocenters. The van der Waals surface area contributed by atoms with Crippen LogP contribution in [0.1, 0.15) is 28.7 Å². The molecule has 3 N–H and O–H groups in total. The van der Waals surface area contributed by atoms with Gasteiger partial charge in [-0.05, 0) is 66.6 Å². The molecule has 8 heteroatoms. The number of carbonyl (C=O) groups excluding carboxylic acids is 1. The highest BCUT2D eigenvalue weighted by Gasteiger charge is 2.29. The summed E-state index contributed by atoms with van der Waals surface area (Å²) in [5.41, 5.74) is 5.66. The molecule has 3 aromatic carbocycles. The highest BCUT2D eigenvalue weighted by molar-refractivity contribution is 6.37. The van der Waals surface area contributed by atoms with Crippen LogP contribution >= 0.6 is 0 Å². The van der Waals surface area contributed by atoms with Crippen LogP contribution in [0.15, 0.2) is 66.7 Å². The lowest BCUT2D eigenvalue weighted by atomic mass is 9.97. The molecule has 0 atom stereocenters. The maximum Gasteiger partial charge on any atom is 0.303 e. The number of hydrogen-bond donors (Lipinski definition) is 3. The molecule has 0 radical (unpaired) electrons. The van der Waals surface area contributed by atoms with E-state index in [0.29, 0.717) is 28.9 Å². The monoisotopic (exact) mass is 514 g/mol. The fraction of sp³-hybridized carbons (Fsp3) is 0.267. The van der Waals surface area contributed by atoms with Gasteiger partial charge in [-0.25, -0.2) is 4.39 Å². The molecule has 0 aromatic heterocycles. The van der Waals surface area contributed by atoms with Gasteiger partial charge in [-0.2, -0.15) is 0 Å². The molecule has 2 aliphatic heterocycles. The van der Waals surface area contributed by atoms with Gasteiger partial charge in [0.25, 0.3) is 5.91 Å². The zero-order valence-electron chi connectivity index (χ0n) is 21.3. The SMILES string of the molecule is CN1CCN(Cc2ccc(NC(=C3C(=O)Nc4cc(F)ccc43)c3cccc(CCC(=O)O)c3)cc2)CC1. The van der Waals surface area contributed by atoms with Gasteiger partial charge in [-0.1, -0.05) is 30.3 Å². The average molecular weight is 515 g/mol. The van der Waals surface area contributed by atoms with E-state index in [0.717, 1.165) is 49.5 Å². The Hall–Kier alpha value is -4.01. The number of carbonyl (C=O) groups is 2. The number of rotatable bonds is 8. The summed E-state index contributed by atoms with van der Waals surface area (Å²) in [5, 5.41) is 15.3. The van der Waals surface area contributed by atoms with Crippen LogP contribution in [0.3, 0.4) is 0 Å². The molecule has 7 nitrogen and oxygen atoms in total. The van der Waals surface area contributed by atoms with Crippen LogP contribution in [0.2, 0.25) is 0 Å². The van der Waals surface area contributed by atoms with Gasteiger partial charge in [-0.3, -0.25) is 14.5 Å². The Labute approximate surface area is 221 Å². The van der Waals surface area contributed by atoms with E-state index >= 15 is 0 Å². The van der Waals surface area contributed by atoms with Gasteiger partial charge < -0.3 is 20.6 Å². The van der Waals surface area contributed by atoms with E-state index in [2.05, 4.69) is 39.6 Å². The Morgan fingerprint density at radius 3 is 2.50 bits per heavy atom. The van der Waals surface area contributed by atoms with E-state index < -0.39 is 11.8 Å². The second kappa shape index (κ2) is 11.2.